The van der Waals surface area contributed by atoms with Crippen molar-refractivity contribution in [3.63, 3.8) is 0 Å². The molecule has 1 amide bonds. The van der Waals surface area contributed by atoms with E-state index in [9.17, 15) is 4.79 Å². The Morgan fingerprint density at radius 3 is 2.94 bits per heavy atom. The van der Waals surface area contributed by atoms with Crippen molar-refractivity contribution in [3.8, 4) is 0 Å². The van der Waals surface area contributed by atoms with Gasteiger partial charge >= 0.3 is 0 Å². The first-order chi connectivity index (χ1) is 8.24. The van der Waals surface area contributed by atoms with Gasteiger partial charge in [-0.15, -0.1) is 0 Å². The van der Waals surface area contributed by atoms with Crippen LogP contribution in [0, 0.1) is 0 Å². The fraction of sp³-hybridized carbons (Fsp3) is 0.417. The molecule has 0 saturated carbocycles. The Morgan fingerprint density at radius 1 is 1.47 bits per heavy atom. The number of hydrogen-bond donors (Lipinski definition) is 2. The van der Waals surface area contributed by atoms with E-state index in [1.165, 1.54) is 0 Å². The maximum absolute atomic E-state index is 11.4. The molecule has 0 aliphatic carbocycles. The predicted octanol–water partition coefficient (Wildman–Crippen LogP) is -0.164. The summed E-state index contributed by atoms with van der Waals surface area (Å²) < 4.78 is 5.29. The SMILES string of the molecule is NCc1ccccc1N1CCOCC1C(N)=O. The number of hydrogen-bond acceptors (Lipinski definition) is 4. The number of nitrogens with zero attached hydrogens (tertiary/aromatic N) is 1. The lowest BCUT2D eigenvalue weighted by Gasteiger charge is -2.36. The van der Waals surface area contributed by atoms with Crippen molar-refractivity contribution in [1.82, 2.24) is 0 Å². The summed E-state index contributed by atoms with van der Waals surface area (Å²) in [7, 11) is 0. The Balaban J connectivity index is 2.32. The molecular weight excluding hydrogens is 218 g/mol. The van der Waals surface area contributed by atoms with E-state index in [1.807, 2.05) is 29.2 Å². The van der Waals surface area contributed by atoms with Gasteiger partial charge in [-0.3, -0.25) is 4.79 Å². The molecule has 0 radical (unpaired) electrons. The first-order valence-electron chi connectivity index (χ1n) is 5.65. The van der Waals surface area contributed by atoms with Gasteiger partial charge in [0.15, 0.2) is 0 Å². The van der Waals surface area contributed by atoms with Crippen LogP contribution >= 0.6 is 0 Å². The first kappa shape index (κ1) is 11.9. The van der Waals surface area contributed by atoms with Crippen LogP contribution in [0.25, 0.3) is 0 Å². The van der Waals surface area contributed by atoms with Gasteiger partial charge in [0.05, 0.1) is 13.2 Å². The molecule has 0 bridgehead atoms. The fourth-order valence-corrected chi connectivity index (χ4v) is 2.09. The van der Waals surface area contributed by atoms with Gasteiger partial charge in [-0.05, 0) is 11.6 Å². The molecule has 1 saturated heterocycles. The number of para-hydroxylation sites is 1. The Kier molecular flexibility index (Phi) is 3.61. The third-order valence-electron chi connectivity index (χ3n) is 2.98. The minimum Gasteiger partial charge on any atom is -0.377 e. The van der Waals surface area contributed by atoms with E-state index in [-0.39, 0.29) is 5.91 Å². The Hall–Kier alpha value is -1.59. The molecule has 1 atom stereocenters. The number of nitrogens with two attached hydrogens (primary N) is 2. The van der Waals surface area contributed by atoms with Crippen molar-refractivity contribution >= 4 is 11.6 Å². The number of carbonyl (C=O) groups is 1. The molecule has 0 aromatic heterocycles. The van der Waals surface area contributed by atoms with Crippen LogP contribution in [-0.4, -0.2) is 31.7 Å². The molecular formula is C12H17N3O2. The summed E-state index contributed by atoms with van der Waals surface area (Å²) in [6.45, 7) is 2.04. The van der Waals surface area contributed by atoms with E-state index in [0.717, 1.165) is 11.3 Å². The summed E-state index contributed by atoms with van der Waals surface area (Å²) in [4.78, 5) is 13.4. The van der Waals surface area contributed by atoms with Crippen molar-refractivity contribution in [1.29, 1.82) is 0 Å². The van der Waals surface area contributed by atoms with Gasteiger partial charge in [-0.2, -0.15) is 0 Å². The number of amides is 1. The minimum atomic E-state index is -0.406. The standard InChI is InChI=1S/C12H17N3O2/c13-7-9-3-1-2-4-10(9)15-5-6-17-8-11(15)12(14)16/h1-4,11H,5-8,13H2,(H2,14,16). The zero-order valence-corrected chi connectivity index (χ0v) is 9.63. The van der Waals surface area contributed by atoms with Crippen LogP contribution in [0.15, 0.2) is 24.3 Å². The summed E-state index contributed by atoms with van der Waals surface area (Å²) >= 11 is 0. The minimum absolute atomic E-state index is 0.342. The van der Waals surface area contributed by atoms with Gasteiger partial charge in [-0.1, -0.05) is 18.2 Å². The monoisotopic (exact) mass is 235 g/mol. The summed E-state index contributed by atoms with van der Waals surface area (Å²) in [5, 5.41) is 0. The van der Waals surface area contributed by atoms with E-state index in [2.05, 4.69) is 0 Å². The summed E-state index contributed by atoms with van der Waals surface area (Å²) in [6, 6.07) is 7.39. The van der Waals surface area contributed by atoms with Crippen LogP contribution in [-0.2, 0) is 16.1 Å². The van der Waals surface area contributed by atoms with Gasteiger partial charge in [0.1, 0.15) is 6.04 Å². The number of carbonyl (C=O) groups excluding carboxylic acids is 1. The predicted molar refractivity (Wildman–Crippen MR) is 65.5 cm³/mol. The topological polar surface area (TPSA) is 81.6 Å². The average Bonchev–Trinajstić information content (AvgIpc) is 2.38. The highest BCUT2D eigenvalue weighted by molar-refractivity contribution is 5.84. The van der Waals surface area contributed by atoms with Crippen LogP contribution < -0.4 is 16.4 Å². The summed E-state index contributed by atoms with van der Waals surface area (Å²) in [5.74, 6) is -0.364. The number of benzene rings is 1. The van der Waals surface area contributed by atoms with Gasteiger partial charge in [-0.25, -0.2) is 0 Å². The van der Waals surface area contributed by atoms with E-state index >= 15 is 0 Å². The zero-order chi connectivity index (χ0) is 12.3. The number of rotatable bonds is 3. The highest BCUT2D eigenvalue weighted by Gasteiger charge is 2.28. The van der Waals surface area contributed by atoms with Crippen molar-refractivity contribution in [2.45, 2.75) is 12.6 Å². The van der Waals surface area contributed by atoms with Crippen LogP contribution in [0.5, 0.6) is 0 Å². The van der Waals surface area contributed by atoms with Crippen molar-refractivity contribution in [2.75, 3.05) is 24.7 Å². The number of ether oxygens (including phenoxy) is 1. The lowest BCUT2D eigenvalue weighted by molar-refractivity contribution is -0.121. The highest BCUT2D eigenvalue weighted by Crippen LogP contribution is 2.23. The largest absolute Gasteiger partial charge is 0.377 e. The Labute approximate surface area is 100 Å². The average molecular weight is 235 g/mol. The van der Waals surface area contributed by atoms with Crippen molar-refractivity contribution < 1.29 is 9.53 Å². The van der Waals surface area contributed by atoms with E-state index in [1.54, 1.807) is 0 Å². The molecule has 1 heterocycles. The van der Waals surface area contributed by atoms with Gasteiger partial charge < -0.3 is 21.1 Å². The molecule has 1 aromatic rings. The number of morpholine rings is 1. The van der Waals surface area contributed by atoms with Crippen LogP contribution in [0.1, 0.15) is 5.56 Å². The van der Waals surface area contributed by atoms with E-state index in [0.29, 0.717) is 26.3 Å². The van der Waals surface area contributed by atoms with Gasteiger partial charge in [0, 0.05) is 18.8 Å². The second kappa shape index (κ2) is 5.16. The van der Waals surface area contributed by atoms with Crippen LogP contribution in [0.2, 0.25) is 0 Å². The van der Waals surface area contributed by atoms with Gasteiger partial charge in [0.2, 0.25) is 5.91 Å². The number of anilines is 1. The summed E-state index contributed by atoms with van der Waals surface area (Å²) in [6.07, 6.45) is 0. The molecule has 2 rings (SSSR count). The second-order valence-electron chi connectivity index (χ2n) is 4.02. The molecule has 0 spiro atoms. The summed E-state index contributed by atoms with van der Waals surface area (Å²) in [5.41, 5.74) is 13.1. The van der Waals surface area contributed by atoms with E-state index < -0.39 is 6.04 Å². The van der Waals surface area contributed by atoms with Crippen LogP contribution in [0.4, 0.5) is 5.69 Å². The maximum atomic E-state index is 11.4. The lowest BCUT2D eigenvalue weighted by Crippen LogP contribution is -2.53. The maximum Gasteiger partial charge on any atom is 0.242 e. The molecule has 92 valence electrons. The molecule has 4 N–H and O–H groups in total. The normalized spacial score (nSPS) is 20.3. The highest BCUT2D eigenvalue weighted by atomic mass is 16.5. The molecule has 5 nitrogen and oxygen atoms in total. The first-order valence-corrected chi connectivity index (χ1v) is 5.65. The second-order valence-corrected chi connectivity index (χ2v) is 4.02. The third-order valence-corrected chi connectivity index (χ3v) is 2.98. The fourth-order valence-electron chi connectivity index (χ4n) is 2.09. The smallest absolute Gasteiger partial charge is 0.242 e. The van der Waals surface area contributed by atoms with Gasteiger partial charge in [0.25, 0.3) is 0 Å². The molecule has 1 aromatic carbocycles. The number of primary amides is 1. The molecule has 5 heteroatoms. The molecule has 1 unspecified atom stereocenters. The van der Waals surface area contributed by atoms with Crippen LogP contribution in [0.3, 0.4) is 0 Å². The van der Waals surface area contributed by atoms with Crippen molar-refractivity contribution in [2.24, 2.45) is 11.5 Å². The quantitative estimate of drug-likeness (QED) is 0.762. The molecule has 17 heavy (non-hydrogen) atoms. The van der Waals surface area contributed by atoms with E-state index in [4.69, 9.17) is 16.2 Å². The Bertz CT molecular complexity index is 408. The Morgan fingerprint density at radius 2 is 2.24 bits per heavy atom. The lowest BCUT2D eigenvalue weighted by atomic mass is 10.1. The molecule has 1 fully saturated rings. The van der Waals surface area contributed by atoms with Crippen molar-refractivity contribution in [3.05, 3.63) is 29.8 Å². The molecule has 1 aliphatic heterocycles. The molecule has 1 aliphatic rings. The zero-order valence-electron chi connectivity index (χ0n) is 9.63. The third kappa shape index (κ3) is 2.40.